The van der Waals surface area contributed by atoms with E-state index in [-0.39, 0.29) is 17.0 Å². The quantitative estimate of drug-likeness (QED) is 0.241. The second-order valence-electron chi connectivity index (χ2n) is 6.55. The molecule has 0 unspecified atom stereocenters. The number of aromatic nitrogens is 3. The van der Waals surface area contributed by atoms with E-state index in [2.05, 4.69) is 21.0 Å². The molecule has 4 rings (SSSR count). The summed E-state index contributed by atoms with van der Waals surface area (Å²) in [6.07, 6.45) is 1.53. The largest absolute Gasteiger partial charge is 0.461 e. The fourth-order valence-corrected chi connectivity index (χ4v) is 3.59. The Hall–Kier alpha value is -4.45. The number of rotatable bonds is 7. The zero-order valence-electron chi connectivity index (χ0n) is 16.9. The van der Waals surface area contributed by atoms with Crippen LogP contribution in [0.5, 0.6) is 0 Å². The normalized spacial score (nSPS) is 10.5. The summed E-state index contributed by atoms with van der Waals surface area (Å²) in [6.45, 7) is 0. The highest BCUT2D eigenvalue weighted by molar-refractivity contribution is 7.99. The molecule has 0 spiro atoms. The summed E-state index contributed by atoms with van der Waals surface area (Å²) in [5, 5.41) is 19.5. The molecule has 0 saturated carbocycles. The highest BCUT2D eigenvalue weighted by Crippen LogP contribution is 2.28. The first-order chi connectivity index (χ1) is 16.0. The van der Waals surface area contributed by atoms with Crippen LogP contribution in [-0.4, -0.2) is 37.3 Å². The van der Waals surface area contributed by atoms with Crippen LogP contribution in [0.2, 0.25) is 0 Å². The Morgan fingerprint density at radius 3 is 2.42 bits per heavy atom. The van der Waals surface area contributed by atoms with Gasteiger partial charge in [-0.1, -0.05) is 30.0 Å². The van der Waals surface area contributed by atoms with Crippen molar-refractivity contribution in [2.24, 2.45) is 0 Å². The van der Waals surface area contributed by atoms with Crippen LogP contribution in [-0.2, 0) is 4.79 Å². The number of nitro benzene ring substituents is 1. The zero-order valence-corrected chi connectivity index (χ0v) is 17.7. The number of nitrogens with one attached hydrogen (secondary N) is 2. The second-order valence-corrected chi connectivity index (χ2v) is 7.49. The Bertz CT molecular complexity index is 1270. The van der Waals surface area contributed by atoms with Crippen molar-refractivity contribution in [2.45, 2.75) is 5.16 Å². The number of carbonyl (C=O) groups is 2. The number of hydrogen-bond acceptors (Lipinski definition) is 8. The molecule has 0 radical (unpaired) electrons. The number of carbonyl (C=O) groups excluding carboxylic acids is 2. The predicted molar refractivity (Wildman–Crippen MR) is 118 cm³/mol. The van der Waals surface area contributed by atoms with E-state index in [4.69, 9.17) is 4.42 Å². The lowest BCUT2D eigenvalue weighted by Crippen LogP contribution is -2.42. The van der Waals surface area contributed by atoms with Crippen LogP contribution >= 0.6 is 11.8 Å². The minimum atomic E-state index is -0.601. The van der Waals surface area contributed by atoms with Gasteiger partial charge in [0.25, 0.3) is 11.6 Å². The molecule has 2 N–H and O–H groups in total. The standard InChI is InChI=1S/C21H16N6O5S/c28-18(22-24-20(29)14-8-10-16(11-9-14)27(30)31)13-33-21-25-23-19(17-7-4-12-32-17)26(21)15-5-2-1-3-6-15/h1-12H,13H2,(H,22,28)(H,24,29). The van der Waals surface area contributed by atoms with E-state index < -0.39 is 16.7 Å². The number of nitro groups is 1. The number of amides is 2. The van der Waals surface area contributed by atoms with Crippen LogP contribution in [0, 0.1) is 10.1 Å². The molecular formula is C21H16N6O5S. The monoisotopic (exact) mass is 464 g/mol. The van der Waals surface area contributed by atoms with Gasteiger partial charge in [-0.25, -0.2) is 0 Å². The predicted octanol–water partition coefficient (Wildman–Crippen LogP) is 2.99. The highest BCUT2D eigenvalue weighted by Gasteiger charge is 2.19. The molecule has 33 heavy (non-hydrogen) atoms. The maximum absolute atomic E-state index is 12.3. The second kappa shape index (κ2) is 9.78. The van der Waals surface area contributed by atoms with Gasteiger partial charge >= 0.3 is 0 Å². The van der Waals surface area contributed by atoms with Crippen molar-refractivity contribution in [1.82, 2.24) is 25.6 Å². The molecule has 0 aliphatic carbocycles. The molecule has 0 aliphatic rings. The average Bonchev–Trinajstić information content (AvgIpc) is 3.51. The first-order valence-electron chi connectivity index (χ1n) is 9.54. The van der Waals surface area contributed by atoms with Crippen LogP contribution < -0.4 is 10.9 Å². The SMILES string of the molecule is O=C(CSc1nnc(-c2ccco2)n1-c1ccccc1)NNC(=O)c1ccc([N+](=O)[O-])cc1. The average molecular weight is 464 g/mol. The zero-order chi connectivity index (χ0) is 23.2. The number of non-ortho nitro benzene ring substituents is 1. The van der Waals surface area contributed by atoms with Gasteiger partial charge in [0.1, 0.15) is 0 Å². The van der Waals surface area contributed by atoms with Crippen LogP contribution in [0.4, 0.5) is 5.69 Å². The molecule has 166 valence electrons. The molecule has 2 amide bonds. The maximum Gasteiger partial charge on any atom is 0.269 e. The van der Waals surface area contributed by atoms with Gasteiger partial charge in [0.05, 0.1) is 16.9 Å². The lowest BCUT2D eigenvalue weighted by atomic mass is 10.2. The molecule has 0 aliphatic heterocycles. The molecule has 12 heteroatoms. The molecule has 0 fully saturated rings. The first kappa shape index (κ1) is 21.8. The van der Waals surface area contributed by atoms with Crippen molar-refractivity contribution >= 4 is 29.3 Å². The third kappa shape index (κ3) is 5.07. The van der Waals surface area contributed by atoms with Gasteiger partial charge < -0.3 is 4.42 Å². The first-order valence-corrected chi connectivity index (χ1v) is 10.5. The summed E-state index contributed by atoms with van der Waals surface area (Å²) in [7, 11) is 0. The topological polar surface area (TPSA) is 145 Å². The Morgan fingerprint density at radius 2 is 1.76 bits per heavy atom. The van der Waals surface area contributed by atoms with Crippen LogP contribution in [0.15, 0.2) is 82.6 Å². The molecular weight excluding hydrogens is 448 g/mol. The summed E-state index contributed by atoms with van der Waals surface area (Å²) < 4.78 is 7.22. The van der Waals surface area contributed by atoms with E-state index in [1.807, 2.05) is 30.3 Å². The summed E-state index contributed by atoms with van der Waals surface area (Å²) >= 11 is 1.13. The van der Waals surface area contributed by atoms with Gasteiger partial charge in [-0.15, -0.1) is 10.2 Å². The van der Waals surface area contributed by atoms with Gasteiger partial charge in [0, 0.05) is 23.4 Å². The number of benzene rings is 2. The Labute approximate surface area is 190 Å². The van der Waals surface area contributed by atoms with E-state index in [0.29, 0.717) is 16.7 Å². The molecule has 0 bridgehead atoms. The van der Waals surface area contributed by atoms with E-state index in [1.54, 1.807) is 16.7 Å². The van der Waals surface area contributed by atoms with Crippen molar-refractivity contribution in [3.63, 3.8) is 0 Å². The Morgan fingerprint density at radius 1 is 1.00 bits per heavy atom. The maximum atomic E-state index is 12.3. The number of para-hydroxylation sites is 1. The molecule has 0 atom stereocenters. The number of hydrazine groups is 1. The summed E-state index contributed by atoms with van der Waals surface area (Å²) in [6, 6.07) is 17.9. The van der Waals surface area contributed by atoms with E-state index in [9.17, 15) is 19.7 Å². The van der Waals surface area contributed by atoms with Crippen molar-refractivity contribution in [2.75, 3.05) is 5.75 Å². The Balaban J connectivity index is 1.40. The van der Waals surface area contributed by atoms with Crippen LogP contribution in [0.1, 0.15) is 10.4 Å². The highest BCUT2D eigenvalue weighted by atomic mass is 32.2. The molecule has 2 heterocycles. The van der Waals surface area contributed by atoms with Gasteiger partial charge in [0.2, 0.25) is 11.7 Å². The van der Waals surface area contributed by atoms with Crippen molar-refractivity contribution in [3.8, 4) is 17.3 Å². The van der Waals surface area contributed by atoms with Gasteiger partial charge in [0.15, 0.2) is 10.9 Å². The Kier molecular flexibility index (Phi) is 6.45. The lowest BCUT2D eigenvalue weighted by molar-refractivity contribution is -0.384. The van der Waals surface area contributed by atoms with Crippen molar-refractivity contribution < 1.29 is 18.9 Å². The molecule has 2 aromatic carbocycles. The molecule has 0 saturated heterocycles. The molecule has 4 aromatic rings. The minimum absolute atomic E-state index is 0.0519. The number of thioether (sulfide) groups is 1. The van der Waals surface area contributed by atoms with Gasteiger partial charge in [-0.2, -0.15) is 0 Å². The smallest absolute Gasteiger partial charge is 0.269 e. The number of hydrogen-bond donors (Lipinski definition) is 2. The summed E-state index contributed by atoms with van der Waals surface area (Å²) in [5.41, 5.74) is 5.42. The van der Waals surface area contributed by atoms with Crippen molar-refractivity contribution in [1.29, 1.82) is 0 Å². The summed E-state index contributed by atoms with van der Waals surface area (Å²) in [5.74, 6) is -0.115. The van der Waals surface area contributed by atoms with Crippen LogP contribution in [0.3, 0.4) is 0 Å². The number of nitrogens with zero attached hydrogens (tertiary/aromatic N) is 4. The van der Waals surface area contributed by atoms with E-state index >= 15 is 0 Å². The third-order valence-electron chi connectivity index (χ3n) is 4.38. The van der Waals surface area contributed by atoms with E-state index in [0.717, 1.165) is 17.4 Å². The minimum Gasteiger partial charge on any atom is -0.461 e. The summed E-state index contributed by atoms with van der Waals surface area (Å²) in [4.78, 5) is 34.5. The third-order valence-corrected chi connectivity index (χ3v) is 5.31. The molecule has 11 nitrogen and oxygen atoms in total. The van der Waals surface area contributed by atoms with Gasteiger partial charge in [-0.05, 0) is 36.4 Å². The number of furan rings is 1. The fraction of sp³-hybridized carbons (Fsp3) is 0.0476. The molecule has 2 aromatic heterocycles. The van der Waals surface area contributed by atoms with E-state index in [1.165, 1.54) is 30.5 Å². The van der Waals surface area contributed by atoms with Gasteiger partial charge in [-0.3, -0.25) is 35.1 Å². The fourth-order valence-electron chi connectivity index (χ4n) is 2.84. The lowest BCUT2D eigenvalue weighted by Gasteiger charge is -2.10. The van der Waals surface area contributed by atoms with Crippen molar-refractivity contribution in [3.05, 3.63) is 88.7 Å². The van der Waals surface area contributed by atoms with Crippen LogP contribution in [0.25, 0.3) is 17.3 Å².